The van der Waals surface area contributed by atoms with Crippen molar-refractivity contribution in [3.05, 3.63) is 31.4 Å². The second-order valence-electron chi connectivity index (χ2n) is 7.01. The van der Waals surface area contributed by atoms with E-state index >= 15 is 0 Å². The summed E-state index contributed by atoms with van der Waals surface area (Å²) in [5, 5.41) is 0. The van der Waals surface area contributed by atoms with Gasteiger partial charge in [0.05, 0.1) is 6.33 Å². The minimum absolute atomic E-state index is 0.205. The zero-order chi connectivity index (χ0) is 22.8. The molecule has 1 fully saturated rings. The summed E-state index contributed by atoms with van der Waals surface area (Å²) in [6, 6.07) is 0. The molecule has 0 amide bonds. The Kier molecular flexibility index (Phi) is 5.81. The van der Waals surface area contributed by atoms with E-state index in [0.717, 1.165) is 0 Å². The molecule has 4 heterocycles. The van der Waals surface area contributed by atoms with E-state index in [0.29, 0.717) is 17.0 Å². The molecule has 0 spiro atoms. The summed E-state index contributed by atoms with van der Waals surface area (Å²) in [5.74, 6) is -1.26. The average molecular weight is 444 g/mol. The fraction of sp³-hybridized carbons (Fsp3) is 0.421. The fourth-order valence-corrected chi connectivity index (χ4v) is 3.52. The van der Waals surface area contributed by atoms with Crippen molar-refractivity contribution < 1.29 is 33.3 Å². The van der Waals surface area contributed by atoms with Crippen LogP contribution in [0.25, 0.3) is 17.0 Å². The molecule has 0 radical (unpaired) electrons. The van der Waals surface area contributed by atoms with Gasteiger partial charge in [-0.15, -0.1) is 0 Å². The molecule has 1 aliphatic heterocycles. The highest BCUT2D eigenvalue weighted by Gasteiger charge is 2.51. The van der Waals surface area contributed by atoms with E-state index in [2.05, 4.69) is 19.9 Å². The molecule has 3 aromatic heterocycles. The van der Waals surface area contributed by atoms with Gasteiger partial charge in [-0.3, -0.25) is 23.5 Å². The number of hydrogen-bond donors (Lipinski definition) is 0. The van der Waals surface area contributed by atoms with Crippen molar-refractivity contribution >= 4 is 29.1 Å². The van der Waals surface area contributed by atoms with Crippen LogP contribution in [0.4, 0.5) is 0 Å². The second-order valence-corrected chi connectivity index (χ2v) is 7.01. The second kappa shape index (κ2) is 8.70. The zero-order valence-electron chi connectivity index (χ0n) is 17.4. The van der Waals surface area contributed by atoms with Gasteiger partial charge in [0.1, 0.15) is 25.4 Å². The number of ether oxygens (including phenoxy) is 4. The number of rotatable bonds is 6. The lowest BCUT2D eigenvalue weighted by Crippen LogP contribution is -2.40. The van der Waals surface area contributed by atoms with Crippen molar-refractivity contribution in [2.75, 3.05) is 6.61 Å². The highest BCUT2D eigenvalue weighted by molar-refractivity contribution is 5.78. The Morgan fingerprint density at radius 3 is 2.41 bits per heavy atom. The van der Waals surface area contributed by atoms with Crippen LogP contribution >= 0.6 is 0 Å². The first kappa shape index (κ1) is 21.4. The van der Waals surface area contributed by atoms with E-state index in [1.165, 1.54) is 33.4 Å². The molecule has 1 aliphatic rings. The maximum atomic E-state index is 11.8. The van der Waals surface area contributed by atoms with E-state index in [-0.39, 0.29) is 6.61 Å². The van der Waals surface area contributed by atoms with Crippen LogP contribution < -0.4 is 0 Å². The number of carbonyl (C=O) groups is 3. The van der Waals surface area contributed by atoms with E-state index < -0.39 is 42.4 Å². The summed E-state index contributed by atoms with van der Waals surface area (Å²) in [5.41, 5.74) is 0.837. The minimum atomic E-state index is -1.04. The maximum absolute atomic E-state index is 11.8. The summed E-state index contributed by atoms with van der Waals surface area (Å²) in [4.78, 5) is 51.8. The van der Waals surface area contributed by atoms with Gasteiger partial charge < -0.3 is 18.9 Å². The first-order valence-electron chi connectivity index (χ1n) is 9.64. The van der Waals surface area contributed by atoms with Crippen molar-refractivity contribution in [1.29, 1.82) is 0 Å². The zero-order valence-corrected chi connectivity index (χ0v) is 17.4. The third-order valence-corrected chi connectivity index (χ3v) is 4.70. The van der Waals surface area contributed by atoms with Crippen LogP contribution in [0.15, 0.2) is 31.4 Å². The Balaban J connectivity index is 1.75. The smallest absolute Gasteiger partial charge is 0.303 e. The van der Waals surface area contributed by atoms with Crippen LogP contribution in [0.5, 0.6) is 0 Å². The first-order valence-corrected chi connectivity index (χ1v) is 9.64. The predicted molar refractivity (Wildman–Crippen MR) is 104 cm³/mol. The fourth-order valence-electron chi connectivity index (χ4n) is 3.52. The van der Waals surface area contributed by atoms with E-state index in [4.69, 9.17) is 18.9 Å². The Labute approximate surface area is 181 Å². The van der Waals surface area contributed by atoms with Gasteiger partial charge in [0, 0.05) is 33.2 Å². The van der Waals surface area contributed by atoms with Gasteiger partial charge >= 0.3 is 17.9 Å². The first-order chi connectivity index (χ1) is 15.3. The molecule has 1 saturated heterocycles. The molecule has 0 aromatic carbocycles. The molecular formula is C19H20N6O7. The molecule has 32 heavy (non-hydrogen) atoms. The van der Waals surface area contributed by atoms with Gasteiger partial charge in [-0.2, -0.15) is 0 Å². The maximum Gasteiger partial charge on any atom is 0.303 e. The number of aromatic nitrogens is 6. The van der Waals surface area contributed by atoms with Gasteiger partial charge in [0.15, 0.2) is 35.4 Å². The van der Waals surface area contributed by atoms with Crippen molar-refractivity contribution in [3.63, 3.8) is 0 Å². The number of imidazole rings is 2. The van der Waals surface area contributed by atoms with Gasteiger partial charge in [0.2, 0.25) is 0 Å². The Morgan fingerprint density at radius 1 is 1.00 bits per heavy atom. The standard InChI is InChI=1S/C19H20N6O7/c1-10(26)29-6-13-15(30-11(2)27)16(31-12(3)28)19(32-13)25-9-23-14-17(21-7-22-18(14)25)24-5-4-20-8-24/h4-5,7-9,13,15-16,19H,6H2,1-3H3/t13-,15-,16-,19-/m1/s1. The predicted octanol–water partition coefficient (Wildman–Crippen LogP) is 0.336. The van der Waals surface area contributed by atoms with Gasteiger partial charge in [-0.25, -0.2) is 19.9 Å². The third kappa shape index (κ3) is 4.14. The van der Waals surface area contributed by atoms with Crippen LogP contribution in [-0.2, 0) is 33.3 Å². The Morgan fingerprint density at radius 2 is 1.75 bits per heavy atom. The topological polar surface area (TPSA) is 150 Å². The van der Waals surface area contributed by atoms with E-state index in [1.807, 2.05) is 0 Å². The summed E-state index contributed by atoms with van der Waals surface area (Å²) in [6.07, 6.45) is 3.79. The molecular weight excluding hydrogens is 424 g/mol. The minimum Gasteiger partial charge on any atom is -0.463 e. The molecule has 13 heteroatoms. The molecule has 4 atom stereocenters. The monoisotopic (exact) mass is 444 g/mol. The molecule has 0 aliphatic carbocycles. The molecule has 13 nitrogen and oxygen atoms in total. The van der Waals surface area contributed by atoms with Crippen LogP contribution in [0.3, 0.4) is 0 Å². The molecule has 4 rings (SSSR count). The number of esters is 3. The average Bonchev–Trinajstić information content (AvgIpc) is 3.46. The summed E-state index contributed by atoms with van der Waals surface area (Å²) < 4.78 is 25.2. The van der Waals surface area contributed by atoms with Gasteiger partial charge in [0.25, 0.3) is 0 Å². The lowest BCUT2D eigenvalue weighted by Gasteiger charge is -2.23. The normalized spacial score (nSPS) is 22.6. The van der Waals surface area contributed by atoms with Crippen molar-refractivity contribution in [1.82, 2.24) is 29.1 Å². The molecule has 0 N–H and O–H groups in total. The van der Waals surface area contributed by atoms with Crippen LogP contribution in [0, 0.1) is 0 Å². The highest BCUT2D eigenvalue weighted by atomic mass is 16.7. The largest absolute Gasteiger partial charge is 0.463 e. The van der Waals surface area contributed by atoms with Gasteiger partial charge in [-0.05, 0) is 0 Å². The number of fused-ring (bicyclic) bond motifs is 1. The molecule has 0 bridgehead atoms. The molecule has 0 saturated carbocycles. The highest BCUT2D eigenvalue weighted by Crippen LogP contribution is 2.36. The summed E-state index contributed by atoms with van der Waals surface area (Å²) in [7, 11) is 0. The Hall–Kier alpha value is -3.87. The number of nitrogens with zero attached hydrogens (tertiary/aromatic N) is 6. The Bertz CT molecular complexity index is 1140. The quantitative estimate of drug-likeness (QED) is 0.382. The lowest BCUT2D eigenvalue weighted by molar-refractivity contribution is -0.166. The number of carbonyl (C=O) groups excluding carboxylic acids is 3. The summed E-state index contributed by atoms with van der Waals surface area (Å²) >= 11 is 0. The SMILES string of the molecule is CC(=O)OC[C@H]1O[C@@H](n2cnc3c(-n4ccnc4)ncnc32)[C@H](OC(C)=O)[C@@H]1OC(C)=O. The van der Waals surface area contributed by atoms with Crippen molar-refractivity contribution in [3.8, 4) is 5.82 Å². The molecule has 168 valence electrons. The van der Waals surface area contributed by atoms with Gasteiger partial charge in [-0.1, -0.05) is 0 Å². The molecule has 0 unspecified atom stereocenters. The third-order valence-electron chi connectivity index (χ3n) is 4.70. The van der Waals surface area contributed by atoms with Crippen LogP contribution in [0.1, 0.15) is 27.0 Å². The van der Waals surface area contributed by atoms with Crippen molar-refractivity contribution in [2.45, 2.75) is 45.3 Å². The van der Waals surface area contributed by atoms with Crippen molar-refractivity contribution in [2.24, 2.45) is 0 Å². The number of hydrogen-bond acceptors (Lipinski definition) is 11. The molecule has 3 aromatic rings. The van der Waals surface area contributed by atoms with Crippen LogP contribution in [0.2, 0.25) is 0 Å². The van der Waals surface area contributed by atoms with E-state index in [1.54, 1.807) is 27.9 Å². The van der Waals surface area contributed by atoms with Crippen LogP contribution in [-0.4, -0.2) is 71.9 Å². The van der Waals surface area contributed by atoms with E-state index in [9.17, 15) is 14.4 Å². The lowest BCUT2D eigenvalue weighted by atomic mass is 10.1. The summed E-state index contributed by atoms with van der Waals surface area (Å²) in [6.45, 7) is 3.49.